The Hall–Kier alpha value is -1.52. The summed E-state index contributed by atoms with van der Waals surface area (Å²) in [5, 5.41) is 5.68. The predicted octanol–water partition coefficient (Wildman–Crippen LogP) is 3.41. The van der Waals surface area contributed by atoms with Crippen LogP contribution in [-0.4, -0.2) is 19.8 Å². The summed E-state index contributed by atoms with van der Waals surface area (Å²) in [6.07, 6.45) is 1.08. The third kappa shape index (κ3) is 3.14. The van der Waals surface area contributed by atoms with Crippen molar-refractivity contribution in [2.75, 3.05) is 19.8 Å². The number of hydrogen-bond donors (Lipinski definition) is 1. The SMILES string of the molecule is CC(NCCc1cccs1)c1ccc2c(c1)OCCO2. The van der Waals surface area contributed by atoms with Crippen molar-refractivity contribution < 1.29 is 9.47 Å². The van der Waals surface area contributed by atoms with Gasteiger partial charge in [-0.15, -0.1) is 11.3 Å². The van der Waals surface area contributed by atoms with Crippen LogP contribution in [-0.2, 0) is 6.42 Å². The van der Waals surface area contributed by atoms with E-state index >= 15 is 0 Å². The summed E-state index contributed by atoms with van der Waals surface area (Å²) in [6, 6.07) is 10.8. The van der Waals surface area contributed by atoms with E-state index in [1.165, 1.54) is 10.4 Å². The van der Waals surface area contributed by atoms with Crippen LogP contribution in [0.3, 0.4) is 0 Å². The third-order valence-corrected chi connectivity index (χ3v) is 4.40. The van der Waals surface area contributed by atoms with Gasteiger partial charge in [0.05, 0.1) is 0 Å². The molecule has 1 N–H and O–H groups in total. The Labute approximate surface area is 123 Å². The van der Waals surface area contributed by atoms with Crippen LogP contribution in [0.2, 0.25) is 0 Å². The van der Waals surface area contributed by atoms with Gasteiger partial charge in [-0.05, 0) is 42.5 Å². The van der Waals surface area contributed by atoms with Crippen molar-refractivity contribution in [3.05, 3.63) is 46.2 Å². The molecule has 0 fully saturated rings. The fraction of sp³-hybridized carbons (Fsp3) is 0.375. The van der Waals surface area contributed by atoms with E-state index in [0.717, 1.165) is 24.5 Å². The zero-order valence-electron chi connectivity index (χ0n) is 11.6. The van der Waals surface area contributed by atoms with Crippen LogP contribution in [0.4, 0.5) is 0 Å². The van der Waals surface area contributed by atoms with Gasteiger partial charge in [-0.3, -0.25) is 0 Å². The fourth-order valence-corrected chi connectivity index (χ4v) is 3.02. The molecule has 0 radical (unpaired) electrons. The summed E-state index contributed by atoms with van der Waals surface area (Å²) < 4.78 is 11.2. The van der Waals surface area contributed by atoms with Crippen LogP contribution in [0.5, 0.6) is 11.5 Å². The second-order valence-corrected chi connectivity index (χ2v) is 5.94. The minimum absolute atomic E-state index is 0.311. The van der Waals surface area contributed by atoms with Gasteiger partial charge in [0, 0.05) is 17.5 Å². The van der Waals surface area contributed by atoms with Crippen LogP contribution < -0.4 is 14.8 Å². The van der Waals surface area contributed by atoms with Crippen molar-refractivity contribution >= 4 is 11.3 Å². The molecule has 2 heterocycles. The first-order valence-corrected chi connectivity index (χ1v) is 7.86. The van der Waals surface area contributed by atoms with E-state index in [1.54, 1.807) is 0 Å². The Kier molecular flexibility index (Phi) is 4.23. The van der Waals surface area contributed by atoms with Gasteiger partial charge in [0.15, 0.2) is 11.5 Å². The van der Waals surface area contributed by atoms with E-state index in [4.69, 9.17) is 9.47 Å². The zero-order chi connectivity index (χ0) is 13.8. The topological polar surface area (TPSA) is 30.5 Å². The smallest absolute Gasteiger partial charge is 0.161 e. The van der Waals surface area contributed by atoms with E-state index < -0.39 is 0 Å². The lowest BCUT2D eigenvalue weighted by Gasteiger charge is -2.21. The minimum Gasteiger partial charge on any atom is -0.486 e. The van der Waals surface area contributed by atoms with Crippen LogP contribution in [0.15, 0.2) is 35.7 Å². The molecule has 0 aliphatic carbocycles. The number of hydrogen-bond acceptors (Lipinski definition) is 4. The summed E-state index contributed by atoms with van der Waals surface area (Å²) in [5.41, 5.74) is 1.24. The Bertz CT molecular complexity index is 554. The Morgan fingerprint density at radius 1 is 1.20 bits per heavy atom. The third-order valence-electron chi connectivity index (χ3n) is 3.47. The lowest BCUT2D eigenvalue weighted by molar-refractivity contribution is 0.171. The first kappa shape index (κ1) is 13.5. The molecule has 4 heteroatoms. The molecule has 20 heavy (non-hydrogen) atoms. The van der Waals surface area contributed by atoms with Gasteiger partial charge >= 0.3 is 0 Å². The molecule has 1 aliphatic rings. The first-order chi connectivity index (χ1) is 9.83. The molecule has 1 aromatic heterocycles. The van der Waals surface area contributed by atoms with E-state index in [-0.39, 0.29) is 0 Å². The highest BCUT2D eigenvalue weighted by Gasteiger charge is 2.14. The minimum atomic E-state index is 0.311. The molecule has 1 aromatic carbocycles. The molecule has 0 saturated carbocycles. The number of fused-ring (bicyclic) bond motifs is 1. The molecular formula is C16H19NO2S. The molecule has 106 valence electrons. The summed E-state index contributed by atoms with van der Waals surface area (Å²) in [5.74, 6) is 1.71. The van der Waals surface area contributed by atoms with Gasteiger partial charge in [0.25, 0.3) is 0 Å². The maximum absolute atomic E-state index is 5.63. The lowest BCUT2D eigenvalue weighted by atomic mass is 10.1. The highest BCUT2D eigenvalue weighted by Crippen LogP contribution is 2.32. The normalized spacial score (nSPS) is 15.1. The first-order valence-electron chi connectivity index (χ1n) is 6.98. The summed E-state index contributed by atoms with van der Waals surface area (Å²) in [6.45, 7) is 4.44. The molecule has 3 nitrogen and oxygen atoms in total. The second kappa shape index (κ2) is 6.29. The molecule has 0 spiro atoms. The molecule has 1 atom stereocenters. The largest absolute Gasteiger partial charge is 0.486 e. The average Bonchev–Trinajstić information content (AvgIpc) is 3.00. The Morgan fingerprint density at radius 2 is 2.05 bits per heavy atom. The Balaban J connectivity index is 1.57. The number of rotatable bonds is 5. The Morgan fingerprint density at radius 3 is 2.85 bits per heavy atom. The van der Waals surface area contributed by atoms with Gasteiger partial charge < -0.3 is 14.8 Å². The van der Waals surface area contributed by atoms with Crippen molar-refractivity contribution in [1.82, 2.24) is 5.32 Å². The standard InChI is InChI=1S/C16H19NO2S/c1-12(17-7-6-14-3-2-10-20-14)13-4-5-15-16(11-13)19-9-8-18-15/h2-5,10-12,17H,6-9H2,1H3. The van der Waals surface area contributed by atoms with Crippen molar-refractivity contribution in [2.45, 2.75) is 19.4 Å². The summed E-state index contributed by atoms with van der Waals surface area (Å²) in [7, 11) is 0. The van der Waals surface area contributed by atoms with Crippen molar-refractivity contribution in [1.29, 1.82) is 0 Å². The molecule has 0 amide bonds. The molecule has 1 unspecified atom stereocenters. The molecule has 3 rings (SSSR count). The lowest BCUT2D eigenvalue weighted by Crippen LogP contribution is -2.21. The van der Waals surface area contributed by atoms with E-state index in [9.17, 15) is 0 Å². The van der Waals surface area contributed by atoms with E-state index in [1.807, 2.05) is 17.4 Å². The zero-order valence-corrected chi connectivity index (χ0v) is 12.4. The van der Waals surface area contributed by atoms with Gasteiger partial charge in [-0.2, -0.15) is 0 Å². The van der Waals surface area contributed by atoms with Crippen molar-refractivity contribution in [3.8, 4) is 11.5 Å². The van der Waals surface area contributed by atoms with E-state index in [2.05, 4.69) is 41.9 Å². The van der Waals surface area contributed by atoms with Crippen LogP contribution in [0.25, 0.3) is 0 Å². The highest BCUT2D eigenvalue weighted by molar-refractivity contribution is 7.09. The van der Waals surface area contributed by atoms with Crippen LogP contribution >= 0.6 is 11.3 Å². The summed E-state index contributed by atoms with van der Waals surface area (Å²) in [4.78, 5) is 1.42. The van der Waals surface area contributed by atoms with Gasteiger partial charge in [-0.25, -0.2) is 0 Å². The average molecular weight is 289 g/mol. The van der Waals surface area contributed by atoms with Crippen LogP contribution in [0.1, 0.15) is 23.4 Å². The monoisotopic (exact) mass is 289 g/mol. The number of benzene rings is 1. The van der Waals surface area contributed by atoms with Crippen molar-refractivity contribution in [2.24, 2.45) is 0 Å². The number of nitrogens with one attached hydrogen (secondary N) is 1. The fourth-order valence-electron chi connectivity index (χ4n) is 2.31. The molecular weight excluding hydrogens is 270 g/mol. The number of ether oxygens (including phenoxy) is 2. The van der Waals surface area contributed by atoms with Gasteiger partial charge in [0.1, 0.15) is 13.2 Å². The molecule has 1 aliphatic heterocycles. The quantitative estimate of drug-likeness (QED) is 0.915. The molecule has 2 aromatic rings. The highest BCUT2D eigenvalue weighted by atomic mass is 32.1. The molecule has 0 bridgehead atoms. The van der Waals surface area contributed by atoms with Crippen molar-refractivity contribution in [3.63, 3.8) is 0 Å². The van der Waals surface area contributed by atoms with Gasteiger partial charge in [-0.1, -0.05) is 12.1 Å². The second-order valence-electron chi connectivity index (χ2n) is 4.91. The van der Waals surface area contributed by atoms with E-state index in [0.29, 0.717) is 19.3 Å². The predicted molar refractivity (Wildman–Crippen MR) is 81.9 cm³/mol. The van der Waals surface area contributed by atoms with Gasteiger partial charge in [0.2, 0.25) is 0 Å². The maximum Gasteiger partial charge on any atom is 0.161 e. The number of thiophene rings is 1. The summed E-state index contributed by atoms with van der Waals surface area (Å²) >= 11 is 1.81. The molecule has 0 saturated heterocycles. The van der Waals surface area contributed by atoms with Crippen LogP contribution in [0, 0.1) is 0 Å². The maximum atomic E-state index is 5.63.